The van der Waals surface area contributed by atoms with Crippen LogP contribution in [0.3, 0.4) is 0 Å². The molecule has 1 aliphatic rings. The Morgan fingerprint density at radius 2 is 1.54 bits per heavy atom. The molecule has 1 heterocycles. The fraction of sp³-hybridized carbons (Fsp3) is 0.368. The third-order valence-corrected chi connectivity index (χ3v) is 6.38. The maximum absolute atomic E-state index is 12.7. The molecule has 1 aliphatic heterocycles. The number of sulfonamides is 1. The molecule has 0 N–H and O–H groups in total. The lowest BCUT2D eigenvalue weighted by molar-refractivity contribution is 0.181. The predicted molar refractivity (Wildman–Crippen MR) is 96.4 cm³/mol. The topological polar surface area (TPSA) is 40.6 Å². The van der Waals surface area contributed by atoms with Crippen molar-refractivity contribution in [1.82, 2.24) is 9.21 Å². The minimum Gasteiger partial charge on any atom is -0.296 e. The molecule has 5 heteroatoms. The van der Waals surface area contributed by atoms with E-state index in [1.165, 1.54) is 11.1 Å². The van der Waals surface area contributed by atoms with Gasteiger partial charge in [-0.05, 0) is 37.1 Å². The van der Waals surface area contributed by atoms with Gasteiger partial charge in [-0.1, -0.05) is 42.0 Å². The Labute approximate surface area is 144 Å². The Bertz CT molecular complexity index is 792. The minimum atomic E-state index is -3.38. The van der Waals surface area contributed by atoms with Gasteiger partial charge in [-0.15, -0.1) is 0 Å². The average Bonchev–Trinajstić information content (AvgIpc) is 2.57. The molecule has 0 amide bonds. The molecule has 0 bridgehead atoms. The van der Waals surface area contributed by atoms with E-state index < -0.39 is 10.0 Å². The normalized spacial score (nSPS) is 17.1. The molecule has 0 saturated carbocycles. The molecule has 0 unspecified atom stereocenters. The van der Waals surface area contributed by atoms with E-state index in [2.05, 4.69) is 36.1 Å². The summed E-state index contributed by atoms with van der Waals surface area (Å²) in [6, 6.07) is 15.7. The van der Waals surface area contributed by atoms with Gasteiger partial charge in [0.2, 0.25) is 10.0 Å². The van der Waals surface area contributed by atoms with Crippen LogP contribution in [0.25, 0.3) is 0 Å². The van der Waals surface area contributed by atoms with Crippen molar-refractivity contribution in [2.24, 2.45) is 0 Å². The van der Waals surface area contributed by atoms with E-state index in [1.807, 2.05) is 13.0 Å². The summed E-state index contributed by atoms with van der Waals surface area (Å²) in [7, 11) is -3.38. The molecule has 0 radical (unpaired) electrons. The first-order valence-electron chi connectivity index (χ1n) is 8.30. The maximum Gasteiger partial charge on any atom is 0.243 e. The van der Waals surface area contributed by atoms with Gasteiger partial charge in [-0.2, -0.15) is 4.31 Å². The number of piperazine rings is 1. The third kappa shape index (κ3) is 3.86. The fourth-order valence-corrected chi connectivity index (χ4v) is 4.53. The molecule has 1 fully saturated rings. The molecule has 1 saturated heterocycles. The zero-order valence-corrected chi connectivity index (χ0v) is 15.1. The number of hydrogen-bond acceptors (Lipinski definition) is 3. The Balaban J connectivity index is 1.63. The second-order valence-corrected chi connectivity index (χ2v) is 8.42. The van der Waals surface area contributed by atoms with E-state index in [9.17, 15) is 8.42 Å². The Morgan fingerprint density at radius 3 is 2.17 bits per heavy atom. The fourth-order valence-electron chi connectivity index (χ4n) is 3.00. The Morgan fingerprint density at radius 1 is 0.875 bits per heavy atom. The minimum absolute atomic E-state index is 0.398. The van der Waals surface area contributed by atoms with Crippen LogP contribution in [0.1, 0.15) is 16.7 Å². The highest BCUT2D eigenvalue weighted by Gasteiger charge is 2.28. The molecule has 0 aromatic heterocycles. The summed E-state index contributed by atoms with van der Waals surface area (Å²) in [5, 5.41) is 0. The van der Waals surface area contributed by atoms with E-state index in [0.717, 1.165) is 25.2 Å². The van der Waals surface area contributed by atoms with E-state index in [1.54, 1.807) is 22.5 Å². The highest BCUT2D eigenvalue weighted by molar-refractivity contribution is 7.89. The quantitative estimate of drug-likeness (QED) is 0.856. The molecule has 2 aromatic rings. The van der Waals surface area contributed by atoms with Crippen LogP contribution in [-0.4, -0.2) is 43.8 Å². The molecule has 3 rings (SSSR count). The van der Waals surface area contributed by atoms with Gasteiger partial charge in [0.15, 0.2) is 0 Å². The van der Waals surface area contributed by atoms with Gasteiger partial charge in [-0.25, -0.2) is 8.42 Å². The highest BCUT2D eigenvalue weighted by atomic mass is 32.2. The first-order valence-corrected chi connectivity index (χ1v) is 9.74. The van der Waals surface area contributed by atoms with Gasteiger partial charge in [-0.3, -0.25) is 4.90 Å². The first kappa shape index (κ1) is 17.1. The number of aryl methyl sites for hydroxylation is 2. The molecular weight excluding hydrogens is 320 g/mol. The number of rotatable bonds is 4. The SMILES string of the molecule is Cc1ccc(CN2CCN(S(=O)(=O)c3cccc(C)c3)CC2)cc1. The van der Waals surface area contributed by atoms with Crippen molar-refractivity contribution in [3.8, 4) is 0 Å². The Kier molecular flexibility index (Phi) is 5.04. The van der Waals surface area contributed by atoms with Crippen LogP contribution < -0.4 is 0 Å². The second kappa shape index (κ2) is 7.05. The van der Waals surface area contributed by atoms with Crippen LogP contribution in [0, 0.1) is 13.8 Å². The van der Waals surface area contributed by atoms with Crippen molar-refractivity contribution >= 4 is 10.0 Å². The molecular formula is C19H24N2O2S. The molecule has 0 aliphatic carbocycles. The molecule has 0 atom stereocenters. The number of benzene rings is 2. The van der Waals surface area contributed by atoms with E-state index in [-0.39, 0.29) is 0 Å². The zero-order valence-electron chi connectivity index (χ0n) is 14.3. The van der Waals surface area contributed by atoms with E-state index >= 15 is 0 Å². The van der Waals surface area contributed by atoms with Gasteiger partial charge in [0, 0.05) is 32.7 Å². The third-order valence-electron chi connectivity index (χ3n) is 4.49. The first-order chi connectivity index (χ1) is 11.4. The number of nitrogens with zero attached hydrogens (tertiary/aromatic N) is 2. The van der Waals surface area contributed by atoms with Crippen LogP contribution in [0.5, 0.6) is 0 Å². The molecule has 24 heavy (non-hydrogen) atoms. The van der Waals surface area contributed by atoms with Crippen molar-refractivity contribution in [2.75, 3.05) is 26.2 Å². The second-order valence-electron chi connectivity index (χ2n) is 6.48. The lowest BCUT2D eigenvalue weighted by Crippen LogP contribution is -2.48. The molecule has 2 aromatic carbocycles. The van der Waals surface area contributed by atoms with E-state index in [0.29, 0.717) is 18.0 Å². The van der Waals surface area contributed by atoms with Crippen molar-refractivity contribution in [3.63, 3.8) is 0 Å². The van der Waals surface area contributed by atoms with Crippen molar-refractivity contribution in [3.05, 3.63) is 65.2 Å². The molecule has 128 valence electrons. The zero-order chi connectivity index (χ0) is 17.2. The van der Waals surface area contributed by atoms with Crippen LogP contribution in [0.15, 0.2) is 53.4 Å². The van der Waals surface area contributed by atoms with Crippen molar-refractivity contribution in [1.29, 1.82) is 0 Å². The molecule has 4 nitrogen and oxygen atoms in total. The van der Waals surface area contributed by atoms with Crippen LogP contribution >= 0.6 is 0 Å². The van der Waals surface area contributed by atoms with E-state index in [4.69, 9.17) is 0 Å². The summed E-state index contributed by atoms with van der Waals surface area (Å²) in [4.78, 5) is 2.71. The van der Waals surface area contributed by atoms with Gasteiger partial charge in [0.25, 0.3) is 0 Å². The smallest absolute Gasteiger partial charge is 0.243 e. The summed E-state index contributed by atoms with van der Waals surface area (Å²) in [6.07, 6.45) is 0. The number of hydrogen-bond donors (Lipinski definition) is 0. The summed E-state index contributed by atoms with van der Waals surface area (Å²) < 4.78 is 27.1. The van der Waals surface area contributed by atoms with Crippen LogP contribution in [-0.2, 0) is 16.6 Å². The van der Waals surface area contributed by atoms with Gasteiger partial charge >= 0.3 is 0 Å². The summed E-state index contributed by atoms with van der Waals surface area (Å²) in [5.41, 5.74) is 3.50. The van der Waals surface area contributed by atoms with Gasteiger partial charge in [0.05, 0.1) is 4.90 Å². The van der Waals surface area contributed by atoms with Crippen LogP contribution in [0.2, 0.25) is 0 Å². The maximum atomic E-state index is 12.7. The largest absolute Gasteiger partial charge is 0.296 e. The van der Waals surface area contributed by atoms with Gasteiger partial charge < -0.3 is 0 Å². The van der Waals surface area contributed by atoms with Gasteiger partial charge in [0.1, 0.15) is 0 Å². The average molecular weight is 344 g/mol. The van der Waals surface area contributed by atoms with Crippen molar-refractivity contribution in [2.45, 2.75) is 25.3 Å². The summed E-state index contributed by atoms with van der Waals surface area (Å²) >= 11 is 0. The Hall–Kier alpha value is -1.69. The standard InChI is InChI=1S/C19H24N2O2S/c1-16-6-8-18(9-7-16)15-20-10-12-21(13-11-20)24(22,23)19-5-3-4-17(2)14-19/h3-9,14H,10-13,15H2,1-2H3. The lowest BCUT2D eigenvalue weighted by Gasteiger charge is -2.34. The monoisotopic (exact) mass is 344 g/mol. The van der Waals surface area contributed by atoms with Crippen molar-refractivity contribution < 1.29 is 8.42 Å². The van der Waals surface area contributed by atoms with Crippen LogP contribution in [0.4, 0.5) is 0 Å². The molecule has 0 spiro atoms. The highest BCUT2D eigenvalue weighted by Crippen LogP contribution is 2.19. The lowest BCUT2D eigenvalue weighted by atomic mass is 10.1. The predicted octanol–water partition coefficient (Wildman–Crippen LogP) is 2.81. The summed E-state index contributed by atoms with van der Waals surface area (Å²) in [5.74, 6) is 0. The summed E-state index contributed by atoms with van der Waals surface area (Å²) in [6.45, 7) is 7.48.